The van der Waals surface area contributed by atoms with Crippen molar-refractivity contribution < 1.29 is 29.0 Å². The number of piperazine rings is 1. The molecule has 1 saturated heterocycles. The van der Waals surface area contributed by atoms with Crippen LogP contribution in [0.25, 0.3) is 0 Å². The number of amides is 2. The Morgan fingerprint density at radius 3 is 2.29 bits per heavy atom. The fraction of sp³-hybridized carbons (Fsp3) is 0.423. The third-order valence-corrected chi connectivity index (χ3v) is 6.39. The van der Waals surface area contributed by atoms with Crippen LogP contribution in [-0.2, 0) is 9.59 Å². The van der Waals surface area contributed by atoms with Crippen LogP contribution >= 0.6 is 0 Å². The van der Waals surface area contributed by atoms with Crippen LogP contribution in [0.1, 0.15) is 41.7 Å². The summed E-state index contributed by atoms with van der Waals surface area (Å²) >= 11 is 0. The molecule has 0 spiro atoms. The van der Waals surface area contributed by atoms with Gasteiger partial charge in [-0.25, -0.2) is 4.79 Å². The topological polar surface area (TPSA) is 108 Å². The highest BCUT2D eigenvalue weighted by atomic mass is 16.5. The van der Waals surface area contributed by atoms with Gasteiger partial charge in [0.1, 0.15) is 17.5 Å². The Bertz CT molecular complexity index is 1020. The number of nitrogens with zero attached hydrogens (tertiary/aromatic N) is 2. The SMILES string of the molecule is COc1ccc(OC)c(C(C)N2CCN(C(=O)CC[C@H](NC(=O)c3ccccc3)C(=O)O)CC2)c1. The second-order valence-corrected chi connectivity index (χ2v) is 8.47. The second kappa shape index (κ2) is 12.2. The molecule has 3 rings (SSSR count). The Morgan fingerprint density at radius 2 is 1.69 bits per heavy atom. The second-order valence-electron chi connectivity index (χ2n) is 8.47. The van der Waals surface area contributed by atoms with Crippen molar-refractivity contribution in [2.45, 2.75) is 31.8 Å². The fourth-order valence-electron chi connectivity index (χ4n) is 4.24. The lowest BCUT2D eigenvalue weighted by molar-refractivity contribution is -0.140. The summed E-state index contributed by atoms with van der Waals surface area (Å²) in [5, 5.41) is 12.0. The zero-order valence-electron chi connectivity index (χ0n) is 20.4. The molecule has 188 valence electrons. The molecule has 1 heterocycles. The van der Waals surface area contributed by atoms with Crippen LogP contribution in [0.3, 0.4) is 0 Å². The third-order valence-electron chi connectivity index (χ3n) is 6.39. The van der Waals surface area contributed by atoms with Gasteiger partial charge in [0.25, 0.3) is 5.91 Å². The predicted octanol–water partition coefficient (Wildman–Crippen LogP) is 2.57. The molecule has 9 nitrogen and oxygen atoms in total. The van der Waals surface area contributed by atoms with Gasteiger partial charge in [0.05, 0.1) is 14.2 Å². The average Bonchev–Trinajstić information content (AvgIpc) is 2.90. The number of carboxylic acid groups (broad SMARTS) is 1. The van der Waals surface area contributed by atoms with Gasteiger partial charge in [0.15, 0.2) is 0 Å². The molecule has 9 heteroatoms. The molecule has 1 unspecified atom stereocenters. The van der Waals surface area contributed by atoms with Crippen molar-refractivity contribution in [2.75, 3.05) is 40.4 Å². The largest absolute Gasteiger partial charge is 0.497 e. The molecule has 1 aliphatic rings. The molecule has 2 N–H and O–H groups in total. The molecule has 2 atom stereocenters. The summed E-state index contributed by atoms with van der Waals surface area (Å²) in [6.07, 6.45) is 0.0790. The van der Waals surface area contributed by atoms with Crippen LogP contribution in [0.5, 0.6) is 11.5 Å². The lowest BCUT2D eigenvalue weighted by Crippen LogP contribution is -2.49. The summed E-state index contributed by atoms with van der Waals surface area (Å²) < 4.78 is 10.9. The van der Waals surface area contributed by atoms with Gasteiger partial charge in [-0.15, -0.1) is 0 Å². The lowest BCUT2D eigenvalue weighted by Gasteiger charge is -2.38. The first kappa shape index (κ1) is 26.0. The fourth-order valence-corrected chi connectivity index (χ4v) is 4.24. The van der Waals surface area contributed by atoms with Crippen molar-refractivity contribution in [1.82, 2.24) is 15.1 Å². The van der Waals surface area contributed by atoms with E-state index in [0.29, 0.717) is 31.7 Å². The molecule has 1 aliphatic heterocycles. The van der Waals surface area contributed by atoms with E-state index >= 15 is 0 Å². The van der Waals surface area contributed by atoms with Crippen LogP contribution in [0, 0.1) is 0 Å². The Morgan fingerprint density at radius 1 is 1.00 bits per heavy atom. The summed E-state index contributed by atoms with van der Waals surface area (Å²) in [5.74, 6) is -0.201. The monoisotopic (exact) mass is 483 g/mol. The highest BCUT2D eigenvalue weighted by Crippen LogP contribution is 2.33. The molecular weight excluding hydrogens is 450 g/mol. The minimum Gasteiger partial charge on any atom is -0.497 e. The van der Waals surface area contributed by atoms with E-state index in [1.165, 1.54) is 0 Å². The number of aliphatic carboxylic acids is 1. The van der Waals surface area contributed by atoms with Gasteiger partial charge in [-0.3, -0.25) is 14.5 Å². The lowest BCUT2D eigenvalue weighted by atomic mass is 10.0. The van der Waals surface area contributed by atoms with E-state index in [2.05, 4.69) is 17.1 Å². The number of carbonyl (C=O) groups is 3. The number of benzene rings is 2. The van der Waals surface area contributed by atoms with Crippen molar-refractivity contribution in [3.05, 3.63) is 59.7 Å². The normalized spacial score (nSPS) is 15.7. The predicted molar refractivity (Wildman–Crippen MR) is 131 cm³/mol. The van der Waals surface area contributed by atoms with E-state index in [0.717, 1.165) is 17.1 Å². The van der Waals surface area contributed by atoms with Gasteiger partial charge in [0.2, 0.25) is 5.91 Å². The maximum atomic E-state index is 12.8. The first-order valence-corrected chi connectivity index (χ1v) is 11.7. The number of methoxy groups -OCH3 is 2. The van der Waals surface area contributed by atoms with E-state index in [1.807, 2.05) is 18.2 Å². The summed E-state index contributed by atoms with van der Waals surface area (Å²) in [7, 11) is 3.27. The Kier molecular flexibility index (Phi) is 9.08. The molecule has 2 aromatic carbocycles. The number of hydrogen-bond donors (Lipinski definition) is 2. The molecule has 0 radical (unpaired) electrons. The van der Waals surface area contributed by atoms with Crippen molar-refractivity contribution in [3.8, 4) is 11.5 Å². The van der Waals surface area contributed by atoms with Gasteiger partial charge in [-0.2, -0.15) is 0 Å². The highest BCUT2D eigenvalue weighted by molar-refractivity contribution is 5.96. The molecule has 2 aromatic rings. The molecular formula is C26H33N3O6. The molecule has 0 aliphatic carbocycles. The van der Waals surface area contributed by atoms with Crippen molar-refractivity contribution in [2.24, 2.45) is 0 Å². The minimum absolute atomic E-state index is 0.0321. The van der Waals surface area contributed by atoms with Crippen LogP contribution in [0.4, 0.5) is 0 Å². The number of ether oxygens (including phenoxy) is 2. The first-order chi connectivity index (χ1) is 16.8. The van der Waals surface area contributed by atoms with Gasteiger partial charge < -0.3 is 24.8 Å². The molecule has 2 amide bonds. The summed E-state index contributed by atoms with van der Waals surface area (Å²) in [6, 6.07) is 13.1. The molecule has 35 heavy (non-hydrogen) atoms. The van der Waals surface area contributed by atoms with E-state index in [-0.39, 0.29) is 24.8 Å². The minimum atomic E-state index is -1.16. The Balaban J connectivity index is 1.52. The van der Waals surface area contributed by atoms with E-state index in [9.17, 15) is 19.5 Å². The van der Waals surface area contributed by atoms with Crippen LogP contribution in [-0.4, -0.2) is 79.1 Å². The third kappa shape index (κ3) is 6.73. The van der Waals surface area contributed by atoms with E-state index < -0.39 is 17.9 Å². The summed E-state index contributed by atoms with van der Waals surface area (Å²) in [4.78, 5) is 40.8. The average molecular weight is 484 g/mol. The van der Waals surface area contributed by atoms with Gasteiger partial charge in [-0.05, 0) is 43.7 Å². The quantitative estimate of drug-likeness (QED) is 0.535. The Labute approximate surface area is 205 Å². The number of rotatable bonds is 10. The van der Waals surface area contributed by atoms with Crippen LogP contribution in [0.15, 0.2) is 48.5 Å². The van der Waals surface area contributed by atoms with Crippen molar-refractivity contribution >= 4 is 17.8 Å². The van der Waals surface area contributed by atoms with Gasteiger partial charge in [-0.1, -0.05) is 18.2 Å². The van der Waals surface area contributed by atoms with Crippen LogP contribution < -0.4 is 14.8 Å². The molecule has 0 bridgehead atoms. The number of nitrogens with one attached hydrogen (secondary N) is 1. The maximum absolute atomic E-state index is 12.8. The smallest absolute Gasteiger partial charge is 0.326 e. The maximum Gasteiger partial charge on any atom is 0.326 e. The number of carbonyl (C=O) groups excluding carboxylic acids is 2. The number of hydrogen-bond acceptors (Lipinski definition) is 6. The highest BCUT2D eigenvalue weighted by Gasteiger charge is 2.28. The molecule has 0 saturated carbocycles. The standard InChI is InChI=1S/C26H33N3O6/c1-18(21-17-20(34-2)9-11-23(21)35-3)28-13-15-29(16-14-28)24(30)12-10-22(26(32)33)27-25(31)19-7-5-4-6-8-19/h4-9,11,17-18,22H,10,12-16H2,1-3H3,(H,27,31)(H,32,33)/t18?,22-/m0/s1. The summed E-state index contributed by atoms with van der Waals surface area (Å²) in [5.41, 5.74) is 1.40. The van der Waals surface area contributed by atoms with Crippen molar-refractivity contribution in [3.63, 3.8) is 0 Å². The zero-order chi connectivity index (χ0) is 25.4. The van der Waals surface area contributed by atoms with E-state index in [1.54, 1.807) is 49.5 Å². The summed E-state index contributed by atoms with van der Waals surface area (Å²) in [6.45, 7) is 4.55. The Hall–Kier alpha value is -3.59. The van der Waals surface area contributed by atoms with Gasteiger partial charge in [0, 0.05) is 49.8 Å². The first-order valence-electron chi connectivity index (χ1n) is 11.7. The van der Waals surface area contributed by atoms with Crippen LogP contribution in [0.2, 0.25) is 0 Å². The molecule has 1 fully saturated rings. The zero-order valence-corrected chi connectivity index (χ0v) is 20.4. The van der Waals surface area contributed by atoms with E-state index in [4.69, 9.17) is 9.47 Å². The molecule has 0 aromatic heterocycles. The van der Waals surface area contributed by atoms with Crippen molar-refractivity contribution in [1.29, 1.82) is 0 Å². The van der Waals surface area contributed by atoms with Gasteiger partial charge >= 0.3 is 5.97 Å². The number of carboxylic acids is 1.